The van der Waals surface area contributed by atoms with Gasteiger partial charge >= 0.3 is 0 Å². The Labute approximate surface area is 124 Å². The molecule has 0 unspecified atom stereocenters. The van der Waals surface area contributed by atoms with Crippen LogP contribution >= 0.6 is 23.2 Å². The molecule has 0 aromatic heterocycles. The number of rotatable bonds is 7. The molecule has 0 aliphatic rings. The molecule has 19 heavy (non-hydrogen) atoms. The van der Waals surface area contributed by atoms with Crippen molar-refractivity contribution in [3.05, 3.63) is 28.8 Å². The fraction of sp³-hybridized carbons (Fsp3) is 0.500. The van der Waals surface area contributed by atoms with E-state index in [1.807, 2.05) is 0 Å². The van der Waals surface area contributed by atoms with E-state index in [1.165, 1.54) is 7.11 Å². The number of ether oxygens (including phenoxy) is 1. The summed E-state index contributed by atoms with van der Waals surface area (Å²) in [6.45, 7) is 0.710. The van der Waals surface area contributed by atoms with Crippen LogP contribution in [0.4, 0.5) is 0 Å². The van der Waals surface area contributed by atoms with Gasteiger partial charge in [0.2, 0.25) is 0 Å². The number of nitrogens with zero attached hydrogens (tertiary/aromatic N) is 1. The summed E-state index contributed by atoms with van der Waals surface area (Å²) in [6.07, 6.45) is 2.96. The maximum atomic E-state index is 12.3. The Morgan fingerprint density at radius 1 is 1.32 bits per heavy atom. The first-order chi connectivity index (χ1) is 9.10. The van der Waals surface area contributed by atoms with E-state index in [0.29, 0.717) is 28.8 Å². The number of halogens is 2. The highest BCUT2D eigenvalue weighted by Crippen LogP contribution is 2.24. The van der Waals surface area contributed by atoms with E-state index in [-0.39, 0.29) is 5.91 Å². The number of methoxy groups -OCH3 is 1. The number of benzene rings is 1. The SMILES string of the molecule is COc1cc(Cl)ccc1C(=O)N(C)CCCCCCl. The number of alkyl halides is 1. The Kier molecular flexibility index (Phi) is 7.03. The molecule has 0 bridgehead atoms. The van der Waals surface area contributed by atoms with Gasteiger partial charge < -0.3 is 9.64 Å². The van der Waals surface area contributed by atoms with Crippen LogP contribution in [0.15, 0.2) is 18.2 Å². The van der Waals surface area contributed by atoms with E-state index in [0.717, 1.165) is 19.3 Å². The lowest BCUT2D eigenvalue weighted by molar-refractivity contribution is 0.0789. The molecule has 0 heterocycles. The fourth-order valence-electron chi connectivity index (χ4n) is 1.77. The number of hydrogen-bond acceptors (Lipinski definition) is 2. The van der Waals surface area contributed by atoms with Crippen LogP contribution in [0.3, 0.4) is 0 Å². The van der Waals surface area contributed by atoms with E-state index in [9.17, 15) is 4.79 Å². The molecule has 5 heteroatoms. The smallest absolute Gasteiger partial charge is 0.257 e. The predicted octanol–water partition coefficient (Wildman–Crippen LogP) is 3.83. The van der Waals surface area contributed by atoms with Crippen LogP contribution in [0.5, 0.6) is 5.75 Å². The average Bonchev–Trinajstić information content (AvgIpc) is 2.42. The molecule has 1 rings (SSSR count). The van der Waals surface area contributed by atoms with Crippen LogP contribution in [0.1, 0.15) is 29.6 Å². The van der Waals surface area contributed by atoms with Crippen LogP contribution in [0.25, 0.3) is 0 Å². The molecule has 3 nitrogen and oxygen atoms in total. The summed E-state index contributed by atoms with van der Waals surface area (Å²) < 4.78 is 5.19. The molecule has 1 aromatic carbocycles. The first kappa shape index (κ1) is 16.1. The predicted molar refractivity (Wildman–Crippen MR) is 79.5 cm³/mol. The molecule has 0 fully saturated rings. The summed E-state index contributed by atoms with van der Waals surface area (Å²) in [5.74, 6) is 1.12. The third-order valence-corrected chi connectivity index (χ3v) is 3.37. The van der Waals surface area contributed by atoms with Crippen molar-refractivity contribution in [1.29, 1.82) is 0 Å². The summed E-state index contributed by atoms with van der Waals surface area (Å²) in [7, 11) is 3.32. The zero-order valence-corrected chi connectivity index (χ0v) is 12.8. The summed E-state index contributed by atoms with van der Waals surface area (Å²) in [5.41, 5.74) is 0.534. The van der Waals surface area contributed by atoms with E-state index in [4.69, 9.17) is 27.9 Å². The standard InChI is InChI=1S/C14H19Cl2NO2/c1-17(9-5-3-4-8-15)14(18)12-7-6-11(16)10-13(12)19-2/h6-7,10H,3-5,8-9H2,1-2H3. The molecular formula is C14H19Cl2NO2. The van der Waals surface area contributed by atoms with Crippen molar-refractivity contribution in [1.82, 2.24) is 4.90 Å². The molecule has 0 aliphatic carbocycles. The third-order valence-electron chi connectivity index (χ3n) is 2.87. The molecule has 0 aliphatic heterocycles. The molecule has 0 atom stereocenters. The quantitative estimate of drug-likeness (QED) is 0.566. The molecule has 0 radical (unpaired) electrons. The first-order valence-electron chi connectivity index (χ1n) is 6.25. The van der Waals surface area contributed by atoms with Gasteiger partial charge in [-0.25, -0.2) is 0 Å². The van der Waals surface area contributed by atoms with E-state index in [1.54, 1.807) is 30.1 Å². The monoisotopic (exact) mass is 303 g/mol. The lowest BCUT2D eigenvalue weighted by Gasteiger charge is -2.18. The minimum absolute atomic E-state index is 0.0561. The number of hydrogen-bond donors (Lipinski definition) is 0. The summed E-state index contributed by atoms with van der Waals surface area (Å²) in [4.78, 5) is 14.0. The molecule has 1 aromatic rings. The highest BCUT2D eigenvalue weighted by atomic mass is 35.5. The van der Waals surface area contributed by atoms with Crippen molar-refractivity contribution in [3.63, 3.8) is 0 Å². The van der Waals surface area contributed by atoms with Gasteiger partial charge in [0.1, 0.15) is 5.75 Å². The Balaban J connectivity index is 2.66. The second kappa shape index (κ2) is 8.28. The molecule has 0 saturated heterocycles. The van der Waals surface area contributed by atoms with Crippen LogP contribution in [-0.4, -0.2) is 37.4 Å². The van der Waals surface area contributed by atoms with Gasteiger partial charge in [-0.15, -0.1) is 11.6 Å². The van der Waals surface area contributed by atoms with Crippen LogP contribution in [0, 0.1) is 0 Å². The molecule has 106 valence electrons. The van der Waals surface area contributed by atoms with Crippen molar-refractivity contribution >= 4 is 29.1 Å². The van der Waals surface area contributed by atoms with Crippen molar-refractivity contribution in [2.24, 2.45) is 0 Å². The Morgan fingerprint density at radius 2 is 2.05 bits per heavy atom. The summed E-state index contributed by atoms with van der Waals surface area (Å²) in [5, 5.41) is 0.554. The molecule has 0 saturated carbocycles. The second-order valence-corrected chi connectivity index (χ2v) is 5.14. The second-order valence-electron chi connectivity index (χ2n) is 4.32. The van der Waals surface area contributed by atoms with Crippen molar-refractivity contribution < 1.29 is 9.53 Å². The van der Waals surface area contributed by atoms with Crippen molar-refractivity contribution in [3.8, 4) is 5.75 Å². The van der Waals surface area contributed by atoms with Gasteiger partial charge in [-0.2, -0.15) is 0 Å². The van der Waals surface area contributed by atoms with E-state index >= 15 is 0 Å². The van der Waals surface area contributed by atoms with Gasteiger partial charge in [0, 0.05) is 24.5 Å². The van der Waals surface area contributed by atoms with Crippen LogP contribution < -0.4 is 4.74 Å². The van der Waals surface area contributed by atoms with Gasteiger partial charge in [-0.05, 0) is 31.0 Å². The lowest BCUT2D eigenvalue weighted by atomic mass is 10.1. The Hall–Kier alpha value is -0.930. The Bertz CT molecular complexity index is 424. The maximum absolute atomic E-state index is 12.3. The minimum Gasteiger partial charge on any atom is -0.496 e. The number of carbonyl (C=O) groups excluding carboxylic acids is 1. The molecule has 0 N–H and O–H groups in total. The topological polar surface area (TPSA) is 29.5 Å². The van der Waals surface area contributed by atoms with Gasteiger partial charge in [-0.3, -0.25) is 4.79 Å². The van der Waals surface area contributed by atoms with Crippen LogP contribution in [0.2, 0.25) is 5.02 Å². The largest absolute Gasteiger partial charge is 0.496 e. The van der Waals surface area contributed by atoms with Gasteiger partial charge in [-0.1, -0.05) is 18.0 Å². The van der Waals surface area contributed by atoms with E-state index in [2.05, 4.69) is 0 Å². The maximum Gasteiger partial charge on any atom is 0.257 e. The van der Waals surface area contributed by atoms with E-state index < -0.39 is 0 Å². The average molecular weight is 304 g/mol. The number of unbranched alkanes of at least 4 members (excludes halogenated alkanes) is 2. The van der Waals surface area contributed by atoms with Gasteiger partial charge in [0.25, 0.3) is 5.91 Å². The summed E-state index contributed by atoms with van der Waals surface area (Å²) >= 11 is 11.5. The molecule has 1 amide bonds. The third kappa shape index (κ3) is 4.92. The molecule has 0 spiro atoms. The molecular weight excluding hydrogens is 285 g/mol. The van der Waals surface area contributed by atoms with Gasteiger partial charge in [0.05, 0.1) is 12.7 Å². The highest BCUT2D eigenvalue weighted by Gasteiger charge is 2.16. The zero-order valence-electron chi connectivity index (χ0n) is 11.3. The first-order valence-corrected chi connectivity index (χ1v) is 7.16. The fourth-order valence-corrected chi connectivity index (χ4v) is 2.12. The summed E-state index contributed by atoms with van der Waals surface area (Å²) in [6, 6.07) is 5.04. The van der Waals surface area contributed by atoms with Crippen molar-refractivity contribution in [2.75, 3.05) is 26.6 Å². The normalized spacial score (nSPS) is 10.3. The Morgan fingerprint density at radius 3 is 2.68 bits per heavy atom. The number of carbonyl (C=O) groups is 1. The zero-order chi connectivity index (χ0) is 14.3. The number of amides is 1. The van der Waals surface area contributed by atoms with Gasteiger partial charge in [0.15, 0.2) is 0 Å². The van der Waals surface area contributed by atoms with Crippen molar-refractivity contribution in [2.45, 2.75) is 19.3 Å². The lowest BCUT2D eigenvalue weighted by Crippen LogP contribution is -2.28. The van der Waals surface area contributed by atoms with Crippen LogP contribution in [-0.2, 0) is 0 Å². The highest BCUT2D eigenvalue weighted by molar-refractivity contribution is 6.30. The minimum atomic E-state index is -0.0561.